The maximum atomic E-state index is 12.3. The molecule has 0 bridgehead atoms. The molecule has 1 heterocycles. The van der Waals surface area contributed by atoms with Crippen LogP contribution < -0.4 is 15.8 Å². The van der Waals surface area contributed by atoms with Gasteiger partial charge in [-0.15, -0.1) is 0 Å². The van der Waals surface area contributed by atoms with E-state index in [1.54, 1.807) is 30.5 Å². The maximum Gasteiger partial charge on any atom is 0.262 e. The van der Waals surface area contributed by atoms with E-state index in [1.165, 1.54) is 0 Å². The monoisotopic (exact) mass is 271 g/mol. The summed E-state index contributed by atoms with van der Waals surface area (Å²) < 4.78 is 5.43. The molecule has 0 spiro atoms. The van der Waals surface area contributed by atoms with Gasteiger partial charge in [-0.05, 0) is 37.6 Å². The third-order valence-corrected chi connectivity index (χ3v) is 2.74. The molecular formula is C15H17N3O2. The number of amides is 1. The van der Waals surface area contributed by atoms with Crippen LogP contribution in [0.25, 0.3) is 0 Å². The van der Waals surface area contributed by atoms with Crippen LogP contribution in [0.3, 0.4) is 0 Å². The van der Waals surface area contributed by atoms with E-state index in [9.17, 15) is 4.79 Å². The summed E-state index contributed by atoms with van der Waals surface area (Å²) in [6, 6.07) is 8.76. The Hall–Kier alpha value is -2.56. The van der Waals surface area contributed by atoms with Crippen molar-refractivity contribution in [3.8, 4) is 5.75 Å². The lowest BCUT2D eigenvalue weighted by Gasteiger charge is -2.12. The van der Waals surface area contributed by atoms with E-state index in [2.05, 4.69) is 10.3 Å². The van der Waals surface area contributed by atoms with E-state index in [4.69, 9.17) is 10.5 Å². The van der Waals surface area contributed by atoms with Gasteiger partial charge in [0.05, 0.1) is 6.61 Å². The van der Waals surface area contributed by atoms with Crippen molar-refractivity contribution in [2.75, 3.05) is 17.7 Å². The lowest BCUT2D eigenvalue weighted by Crippen LogP contribution is -2.16. The Labute approximate surface area is 117 Å². The average molecular weight is 271 g/mol. The van der Waals surface area contributed by atoms with Gasteiger partial charge >= 0.3 is 0 Å². The Bertz CT molecular complexity index is 609. The summed E-state index contributed by atoms with van der Waals surface area (Å²) in [5.41, 5.74) is 7.60. The fraction of sp³-hybridized carbons (Fsp3) is 0.200. The van der Waals surface area contributed by atoms with Crippen molar-refractivity contribution < 1.29 is 9.53 Å². The normalized spacial score (nSPS) is 10.1. The van der Waals surface area contributed by atoms with Crippen molar-refractivity contribution in [1.29, 1.82) is 0 Å². The number of nitrogens with one attached hydrogen (secondary N) is 1. The first-order valence-corrected chi connectivity index (χ1v) is 6.37. The lowest BCUT2D eigenvalue weighted by atomic mass is 10.1. The first-order valence-electron chi connectivity index (χ1n) is 6.37. The molecule has 0 radical (unpaired) electrons. The topological polar surface area (TPSA) is 77.2 Å². The number of rotatable bonds is 4. The van der Waals surface area contributed by atoms with E-state index in [1.807, 2.05) is 19.9 Å². The van der Waals surface area contributed by atoms with Gasteiger partial charge in [0.1, 0.15) is 17.1 Å². The number of carbonyl (C=O) groups excluding carboxylic acids is 1. The molecule has 2 rings (SSSR count). The molecule has 1 amide bonds. The summed E-state index contributed by atoms with van der Waals surface area (Å²) in [7, 11) is 0. The molecule has 0 fully saturated rings. The zero-order valence-electron chi connectivity index (χ0n) is 11.5. The number of anilines is 2. The lowest BCUT2D eigenvalue weighted by molar-refractivity contribution is 0.102. The van der Waals surface area contributed by atoms with Crippen LogP contribution in [0.15, 0.2) is 36.5 Å². The predicted octanol–water partition coefficient (Wildman–Crippen LogP) is 2.62. The van der Waals surface area contributed by atoms with Crippen LogP contribution in [0.2, 0.25) is 0 Å². The molecule has 0 atom stereocenters. The molecule has 0 aliphatic rings. The van der Waals surface area contributed by atoms with E-state index in [-0.39, 0.29) is 5.91 Å². The minimum atomic E-state index is -0.331. The minimum absolute atomic E-state index is 0.330. The van der Waals surface area contributed by atoms with Crippen molar-refractivity contribution >= 4 is 17.4 Å². The Balaban J connectivity index is 2.26. The van der Waals surface area contributed by atoms with Gasteiger partial charge in [-0.3, -0.25) is 4.79 Å². The van der Waals surface area contributed by atoms with Crippen LogP contribution in [0.4, 0.5) is 11.5 Å². The van der Waals surface area contributed by atoms with Crippen molar-refractivity contribution in [2.24, 2.45) is 0 Å². The first-order chi connectivity index (χ1) is 9.61. The summed E-state index contributed by atoms with van der Waals surface area (Å²) in [4.78, 5) is 16.4. The second kappa shape index (κ2) is 6.06. The highest BCUT2D eigenvalue weighted by Gasteiger charge is 2.16. The first kappa shape index (κ1) is 13.9. The van der Waals surface area contributed by atoms with Crippen LogP contribution in [0, 0.1) is 6.92 Å². The van der Waals surface area contributed by atoms with Gasteiger partial charge in [-0.2, -0.15) is 0 Å². The Morgan fingerprint density at radius 3 is 2.80 bits per heavy atom. The van der Waals surface area contributed by atoms with Gasteiger partial charge in [0.2, 0.25) is 0 Å². The molecule has 104 valence electrons. The summed E-state index contributed by atoms with van der Waals surface area (Å²) in [5, 5.41) is 2.72. The number of benzene rings is 1. The third-order valence-electron chi connectivity index (χ3n) is 2.74. The van der Waals surface area contributed by atoms with Crippen LogP contribution in [-0.2, 0) is 0 Å². The highest BCUT2D eigenvalue weighted by atomic mass is 16.5. The molecule has 3 N–H and O–H groups in total. The van der Waals surface area contributed by atoms with Gasteiger partial charge < -0.3 is 15.8 Å². The molecule has 5 nitrogen and oxygen atoms in total. The van der Waals surface area contributed by atoms with Gasteiger partial charge in [-0.25, -0.2) is 4.98 Å². The summed E-state index contributed by atoms with van der Waals surface area (Å²) >= 11 is 0. The zero-order valence-corrected chi connectivity index (χ0v) is 11.5. The third kappa shape index (κ3) is 3.06. The number of aromatic nitrogens is 1. The number of nitrogens with zero attached hydrogens (tertiary/aromatic N) is 1. The van der Waals surface area contributed by atoms with E-state index in [0.29, 0.717) is 29.4 Å². The fourth-order valence-corrected chi connectivity index (χ4v) is 1.79. The second-order valence-corrected chi connectivity index (χ2v) is 4.33. The van der Waals surface area contributed by atoms with Gasteiger partial charge in [0, 0.05) is 11.9 Å². The number of carbonyl (C=O) groups is 1. The molecule has 1 aromatic heterocycles. The predicted molar refractivity (Wildman–Crippen MR) is 79.0 cm³/mol. The molecule has 0 saturated heterocycles. The molecule has 1 aromatic carbocycles. The summed E-state index contributed by atoms with van der Waals surface area (Å²) in [6.07, 6.45) is 1.69. The molecule has 0 unspecified atom stereocenters. The summed E-state index contributed by atoms with van der Waals surface area (Å²) in [6.45, 7) is 4.25. The van der Waals surface area contributed by atoms with E-state index in [0.717, 1.165) is 5.56 Å². The average Bonchev–Trinajstić information content (AvgIpc) is 2.42. The standard InChI is InChI=1S/C15H17N3O2/c1-3-20-12-6-4-5-11(16)14(12)15(19)18-13-8-7-10(2)9-17-13/h4-9H,3,16H2,1-2H3,(H,17,18,19). The van der Waals surface area contributed by atoms with Crippen molar-refractivity contribution in [3.63, 3.8) is 0 Å². The molecule has 0 aliphatic carbocycles. The van der Waals surface area contributed by atoms with Crippen LogP contribution in [0.1, 0.15) is 22.8 Å². The van der Waals surface area contributed by atoms with Crippen LogP contribution in [0.5, 0.6) is 5.75 Å². The van der Waals surface area contributed by atoms with Gasteiger partial charge in [0.25, 0.3) is 5.91 Å². The van der Waals surface area contributed by atoms with Crippen molar-refractivity contribution in [2.45, 2.75) is 13.8 Å². The fourth-order valence-electron chi connectivity index (χ4n) is 1.79. The van der Waals surface area contributed by atoms with Crippen molar-refractivity contribution in [1.82, 2.24) is 4.98 Å². The molecule has 20 heavy (non-hydrogen) atoms. The number of ether oxygens (including phenoxy) is 1. The number of hydrogen-bond donors (Lipinski definition) is 2. The van der Waals surface area contributed by atoms with Crippen LogP contribution in [-0.4, -0.2) is 17.5 Å². The number of nitrogens with two attached hydrogens (primary N) is 1. The molecule has 0 saturated carbocycles. The molecular weight excluding hydrogens is 254 g/mol. The highest BCUT2D eigenvalue weighted by molar-refractivity contribution is 6.09. The quantitative estimate of drug-likeness (QED) is 0.838. The molecule has 2 aromatic rings. The highest BCUT2D eigenvalue weighted by Crippen LogP contribution is 2.25. The van der Waals surface area contributed by atoms with E-state index >= 15 is 0 Å². The number of aryl methyl sites for hydroxylation is 1. The Morgan fingerprint density at radius 2 is 2.15 bits per heavy atom. The van der Waals surface area contributed by atoms with E-state index < -0.39 is 0 Å². The minimum Gasteiger partial charge on any atom is -0.493 e. The van der Waals surface area contributed by atoms with Crippen molar-refractivity contribution in [3.05, 3.63) is 47.7 Å². The number of pyridine rings is 1. The number of nitrogen functional groups attached to an aromatic ring is 1. The maximum absolute atomic E-state index is 12.3. The Kier molecular flexibility index (Phi) is 4.20. The number of hydrogen-bond acceptors (Lipinski definition) is 4. The van der Waals surface area contributed by atoms with Gasteiger partial charge in [0.15, 0.2) is 0 Å². The SMILES string of the molecule is CCOc1cccc(N)c1C(=O)Nc1ccc(C)cn1. The zero-order chi connectivity index (χ0) is 14.5. The molecule has 5 heteroatoms. The largest absolute Gasteiger partial charge is 0.493 e. The smallest absolute Gasteiger partial charge is 0.262 e. The second-order valence-electron chi connectivity index (χ2n) is 4.33. The van der Waals surface area contributed by atoms with Crippen LogP contribution >= 0.6 is 0 Å². The van der Waals surface area contributed by atoms with Gasteiger partial charge in [-0.1, -0.05) is 12.1 Å². The molecule has 0 aliphatic heterocycles. The summed E-state index contributed by atoms with van der Waals surface area (Å²) in [5.74, 6) is 0.617. The Morgan fingerprint density at radius 1 is 1.35 bits per heavy atom.